The number of nitrogens with zero attached hydrogens (tertiary/aromatic N) is 1. The van der Waals surface area contributed by atoms with Crippen molar-refractivity contribution in [3.8, 4) is 0 Å². The second kappa shape index (κ2) is 5.69. The Morgan fingerprint density at radius 2 is 1.89 bits per heavy atom. The maximum absolute atomic E-state index is 11.6. The Morgan fingerprint density at radius 1 is 1.26 bits per heavy atom. The van der Waals surface area contributed by atoms with Gasteiger partial charge in [-0.05, 0) is 26.8 Å². The van der Waals surface area contributed by atoms with Gasteiger partial charge in [0.15, 0.2) is 0 Å². The van der Waals surface area contributed by atoms with Crippen LogP contribution in [0.5, 0.6) is 0 Å². The number of rotatable bonds is 3. The first-order valence-corrected chi connectivity index (χ1v) is 5.73. The summed E-state index contributed by atoms with van der Waals surface area (Å²) in [5, 5.41) is 0. The molecule has 1 aromatic rings. The average Bonchev–Trinajstić information content (AvgIpc) is 2.28. The van der Waals surface area contributed by atoms with E-state index in [2.05, 4.69) is 4.74 Å². The molecule has 6 nitrogen and oxygen atoms in total. The highest BCUT2D eigenvalue weighted by Gasteiger charge is 2.17. The van der Waals surface area contributed by atoms with Gasteiger partial charge in [0, 0.05) is 12.3 Å². The molecule has 0 saturated carbocycles. The fraction of sp³-hybridized carbons (Fsp3) is 0.462. The van der Waals surface area contributed by atoms with Crippen LogP contribution in [0.2, 0.25) is 0 Å². The molecule has 1 aromatic heterocycles. The lowest BCUT2D eigenvalue weighted by atomic mass is 10.2. The quantitative estimate of drug-likeness (QED) is 0.763. The third-order valence-electron chi connectivity index (χ3n) is 2.12. The molecule has 0 aromatic carbocycles. The minimum Gasteiger partial charge on any atom is -0.465 e. The predicted octanol–water partition coefficient (Wildman–Crippen LogP) is 0.977. The van der Waals surface area contributed by atoms with Crippen molar-refractivity contribution in [2.75, 3.05) is 7.11 Å². The second-order valence-corrected chi connectivity index (χ2v) is 4.96. The molecule has 1 heterocycles. The third-order valence-corrected chi connectivity index (χ3v) is 2.12. The van der Waals surface area contributed by atoms with E-state index in [0.29, 0.717) is 0 Å². The van der Waals surface area contributed by atoms with Crippen molar-refractivity contribution in [1.29, 1.82) is 0 Å². The van der Waals surface area contributed by atoms with Crippen LogP contribution in [-0.2, 0) is 20.8 Å². The molecule has 0 aliphatic heterocycles. The SMILES string of the molecule is COC(=O)c1ccc(=O)n(CC(=O)OC(C)(C)C)c1. The monoisotopic (exact) mass is 267 g/mol. The zero-order valence-corrected chi connectivity index (χ0v) is 11.4. The van der Waals surface area contributed by atoms with Gasteiger partial charge >= 0.3 is 11.9 Å². The van der Waals surface area contributed by atoms with E-state index in [-0.39, 0.29) is 12.1 Å². The van der Waals surface area contributed by atoms with Crippen LogP contribution >= 0.6 is 0 Å². The van der Waals surface area contributed by atoms with Gasteiger partial charge < -0.3 is 14.0 Å². The van der Waals surface area contributed by atoms with Gasteiger partial charge in [0.1, 0.15) is 12.1 Å². The number of carbonyl (C=O) groups is 2. The largest absolute Gasteiger partial charge is 0.465 e. The molecular weight excluding hydrogens is 250 g/mol. The second-order valence-electron chi connectivity index (χ2n) is 4.96. The minimum atomic E-state index is -0.624. The molecule has 19 heavy (non-hydrogen) atoms. The van der Waals surface area contributed by atoms with Crippen molar-refractivity contribution in [2.45, 2.75) is 32.9 Å². The highest BCUT2D eigenvalue weighted by molar-refractivity contribution is 5.88. The molecular formula is C13H17NO5. The van der Waals surface area contributed by atoms with E-state index in [1.165, 1.54) is 25.4 Å². The van der Waals surface area contributed by atoms with Gasteiger partial charge in [-0.3, -0.25) is 9.59 Å². The normalized spacial score (nSPS) is 10.9. The summed E-state index contributed by atoms with van der Waals surface area (Å²) in [5.41, 5.74) is -0.815. The topological polar surface area (TPSA) is 74.6 Å². The van der Waals surface area contributed by atoms with Gasteiger partial charge in [-0.25, -0.2) is 4.79 Å². The Labute approximate surface area is 110 Å². The first-order chi connectivity index (χ1) is 8.73. The summed E-state index contributed by atoms with van der Waals surface area (Å²) in [6, 6.07) is 2.55. The lowest BCUT2D eigenvalue weighted by Crippen LogP contribution is -2.30. The fourth-order valence-corrected chi connectivity index (χ4v) is 1.41. The van der Waals surface area contributed by atoms with Gasteiger partial charge in [-0.1, -0.05) is 0 Å². The summed E-state index contributed by atoms with van der Waals surface area (Å²) in [4.78, 5) is 34.6. The van der Waals surface area contributed by atoms with E-state index >= 15 is 0 Å². The molecule has 0 spiro atoms. The molecule has 1 rings (SSSR count). The van der Waals surface area contributed by atoms with Crippen molar-refractivity contribution in [3.63, 3.8) is 0 Å². The lowest BCUT2D eigenvalue weighted by molar-refractivity contribution is -0.155. The predicted molar refractivity (Wildman–Crippen MR) is 67.9 cm³/mol. The number of aromatic nitrogens is 1. The Morgan fingerprint density at radius 3 is 2.42 bits per heavy atom. The molecule has 0 bridgehead atoms. The van der Waals surface area contributed by atoms with Crippen LogP contribution in [0.4, 0.5) is 0 Å². The molecule has 0 saturated heterocycles. The number of methoxy groups -OCH3 is 1. The Balaban J connectivity index is 2.92. The molecule has 0 amide bonds. The molecule has 0 radical (unpaired) electrons. The van der Waals surface area contributed by atoms with Crippen LogP contribution in [0.3, 0.4) is 0 Å². The maximum Gasteiger partial charge on any atom is 0.339 e. The van der Waals surface area contributed by atoms with E-state index in [1.807, 2.05) is 0 Å². The van der Waals surface area contributed by atoms with Crippen LogP contribution < -0.4 is 5.56 Å². The third kappa shape index (κ3) is 4.57. The first-order valence-electron chi connectivity index (χ1n) is 5.73. The van der Waals surface area contributed by atoms with Gasteiger partial charge in [0.05, 0.1) is 12.7 Å². The average molecular weight is 267 g/mol. The van der Waals surface area contributed by atoms with Crippen LogP contribution in [0, 0.1) is 0 Å². The fourth-order valence-electron chi connectivity index (χ4n) is 1.41. The van der Waals surface area contributed by atoms with Gasteiger partial charge in [-0.15, -0.1) is 0 Å². The molecule has 0 atom stereocenters. The summed E-state index contributed by atoms with van der Waals surface area (Å²) in [6.45, 7) is 4.95. The lowest BCUT2D eigenvalue weighted by Gasteiger charge is -2.19. The highest BCUT2D eigenvalue weighted by atomic mass is 16.6. The molecule has 0 fully saturated rings. The standard InChI is InChI=1S/C13H17NO5/c1-13(2,3)19-11(16)8-14-7-9(12(17)18-4)5-6-10(14)15/h5-7H,8H2,1-4H3. The number of carbonyl (C=O) groups excluding carboxylic acids is 2. The van der Waals surface area contributed by atoms with E-state index in [9.17, 15) is 14.4 Å². The van der Waals surface area contributed by atoms with Crippen molar-refractivity contribution in [2.24, 2.45) is 0 Å². The molecule has 0 aliphatic carbocycles. The van der Waals surface area contributed by atoms with Crippen LogP contribution in [0.25, 0.3) is 0 Å². The van der Waals surface area contributed by atoms with E-state index in [4.69, 9.17) is 4.74 Å². The Hall–Kier alpha value is -2.11. The van der Waals surface area contributed by atoms with Crippen molar-refractivity contribution >= 4 is 11.9 Å². The smallest absolute Gasteiger partial charge is 0.339 e. The number of pyridine rings is 1. The summed E-state index contributed by atoms with van der Waals surface area (Å²) in [6.07, 6.45) is 1.28. The van der Waals surface area contributed by atoms with Crippen molar-refractivity contribution in [3.05, 3.63) is 34.2 Å². The van der Waals surface area contributed by atoms with Crippen molar-refractivity contribution < 1.29 is 19.1 Å². The minimum absolute atomic E-state index is 0.200. The molecule has 0 N–H and O–H groups in total. The number of hydrogen-bond acceptors (Lipinski definition) is 5. The Kier molecular flexibility index (Phi) is 4.47. The molecule has 0 unspecified atom stereocenters. The zero-order valence-electron chi connectivity index (χ0n) is 11.4. The maximum atomic E-state index is 11.6. The molecule has 104 valence electrons. The van der Waals surface area contributed by atoms with Crippen LogP contribution in [-0.4, -0.2) is 29.2 Å². The number of ether oxygens (including phenoxy) is 2. The summed E-state index contributed by atoms with van der Waals surface area (Å²) < 4.78 is 10.8. The number of hydrogen-bond donors (Lipinski definition) is 0. The van der Waals surface area contributed by atoms with Crippen LogP contribution in [0.15, 0.2) is 23.1 Å². The van der Waals surface area contributed by atoms with E-state index in [0.717, 1.165) is 4.57 Å². The number of esters is 2. The van der Waals surface area contributed by atoms with Gasteiger partial charge in [-0.2, -0.15) is 0 Å². The first kappa shape index (κ1) is 14.9. The Bertz CT molecular complexity index is 539. The summed E-state index contributed by atoms with van der Waals surface area (Å²) >= 11 is 0. The zero-order chi connectivity index (χ0) is 14.6. The van der Waals surface area contributed by atoms with E-state index in [1.54, 1.807) is 20.8 Å². The molecule has 6 heteroatoms. The van der Waals surface area contributed by atoms with E-state index < -0.39 is 23.1 Å². The van der Waals surface area contributed by atoms with Gasteiger partial charge in [0.2, 0.25) is 0 Å². The highest BCUT2D eigenvalue weighted by Crippen LogP contribution is 2.07. The molecule has 0 aliphatic rings. The summed E-state index contributed by atoms with van der Waals surface area (Å²) in [7, 11) is 1.24. The van der Waals surface area contributed by atoms with Crippen LogP contribution in [0.1, 0.15) is 31.1 Å². The summed E-state index contributed by atoms with van der Waals surface area (Å²) in [5.74, 6) is -1.12. The van der Waals surface area contributed by atoms with Gasteiger partial charge in [0.25, 0.3) is 5.56 Å². The van der Waals surface area contributed by atoms with Crippen molar-refractivity contribution in [1.82, 2.24) is 4.57 Å².